The van der Waals surface area contributed by atoms with Crippen LogP contribution in [0.25, 0.3) is 11.2 Å². The van der Waals surface area contributed by atoms with Crippen LogP contribution in [0.3, 0.4) is 0 Å². The Kier molecular flexibility index (Phi) is 5.77. The van der Waals surface area contributed by atoms with Gasteiger partial charge in [0.05, 0.1) is 20.0 Å². The number of anilines is 1. The molecule has 5 aromatic rings. The van der Waals surface area contributed by atoms with Gasteiger partial charge in [0.1, 0.15) is 41.5 Å². The third-order valence-electron chi connectivity index (χ3n) is 7.51. The van der Waals surface area contributed by atoms with Crippen molar-refractivity contribution < 1.29 is 18.9 Å². The highest BCUT2D eigenvalue weighted by Gasteiger charge is 2.59. The number of methoxy groups -OCH3 is 1. The van der Waals surface area contributed by atoms with Crippen molar-refractivity contribution in [1.82, 2.24) is 19.5 Å². The summed E-state index contributed by atoms with van der Waals surface area (Å²) >= 11 is 0. The first kappa shape index (κ1) is 23.8. The summed E-state index contributed by atoms with van der Waals surface area (Å²) in [5, 5.41) is 0. The van der Waals surface area contributed by atoms with E-state index in [1.54, 1.807) is 13.4 Å². The zero-order valence-electron chi connectivity index (χ0n) is 21.3. The van der Waals surface area contributed by atoms with Gasteiger partial charge in [-0.2, -0.15) is 0 Å². The van der Waals surface area contributed by atoms with Crippen molar-refractivity contribution in [2.75, 3.05) is 19.5 Å². The predicted molar refractivity (Wildman–Crippen MR) is 144 cm³/mol. The first-order valence-corrected chi connectivity index (χ1v) is 12.8. The van der Waals surface area contributed by atoms with Gasteiger partial charge in [-0.05, 0) is 28.8 Å². The van der Waals surface area contributed by atoms with E-state index in [1.165, 1.54) is 6.33 Å². The van der Waals surface area contributed by atoms with Crippen LogP contribution < -0.4 is 10.5 Å². The number of nitrogen functional groups attached to an aromatic ring is 1. The highest BCUT2D eigenvalue weighted by Crippen LogP contribution is 2.47. The van der Waals surface area contributed by atoms with Crippen molar-refractivity contribution >= 4 is 17.0 Å². The molecule has 2 fully saturated rings. The summed E-state index contributed by atoms with van der Waals surface area (Å²) in [6, 6.07) is 28.5. The first-order valence-electron chi connectivity index (χ1n) is 12.8. The predicted octanol–water partition coefficient (Wildman–Crippen LogP) is 4.09. The average Bonchev–Trinajstić information content (AvgIpc) is 3.53. The second-order valence-electron chi connectivity index (χ2n) is 9.67. The third kappa shape index (κ3) is 3.94. The van der Waals surface area contributed by atoms with Gasteiger partial charge in [0, 0.05) is 0 Å². The molecule has 2 N–H and O–H groups in total. The van der Waals surface area contributed by atoms with E-state index >= 15 is 0 Å². The van der Waals surface area contributed by atoms with Crippen molar-refractivity contribution in [2.24, 2.45) is 0 Å². The minimum atomic E-state index is -0.885. The van der Waals surface area contributed by atoms with Gasteiger partial charge in [0.15, 0.2) is 17.7 Å². The van der Waals surface area contributed by atoms with Crippen LogP contribution >= 0.6 is 0 Å². The SMILES string of the molecule is COc1ccc(C(OC[C@H]2O[C@@H](n3cnc4c(N)ncnc43)[C@@H]3O[C@@H]32)(c2ccccc2)c2ccccc2)cc1. The summed E-state index contributed by atoms with van der Waals surface area (Å²) in [5.41, 5.74) is 9.27. The molecule has 9 nitrogen and oxygen atoms in total. The number of ether oxygens (including phenoxy) is 4. The number of nitrogens with two attached hydrogens (primary N) is 1. The lowest BCUT2D eigenvalue weighted by Gasteiger charge is -2.37. The molecule has 9 heteroatoms. The van der Waals surface area contributed by atoms with Gasteiger partial charge in [0.25, 0.3) is 0 Å². The van der Waals surface area contributed by atoms with Gasteiger partial charge in [-0.25, -0.2) is 15.0 Å². The fourth-order valence-corrected chi connectivity index (χ4v) is 5.54. The molecule has 39 heavy (non-hydrogen) atoms. The van der Waals surface area contributed by atoms with Crippen LogP contribution in [-0.2, 0) is 19.8 Å². The van der Waals surface area contributed by atoms with Crippen molar-refractivity contribution in [2.45, 2.75) is 30.1 Å². The van der Waals surface area contributed by atoms with Gasteiger partial charge in [-0.15, -0.1) is 0 Å². The molecule has 0 bridgehead atoms. The number of hydrogen-bond acceptors (Lipinski definition) is 8. The average molecular weight is 522 g/mol. The molecule has 0 radical (unpaired) electrons. The maximum atomic E-state index is 7.00. The lowest BCUT2D eigenvalue weighted by atomic mass is 9.80. The Morgan fingerprint density at radius 2 is 1.49 bits per heavy atom. The van der Waals surface area contributed by atoms with E-state index in [1.807, 2.05) is 53.1 Å². The summed E-state index contributed by atoms with van der Waals surface area (Å²) in [5.74, 6) is 1.11. The standard InChI is InChI=1S/C30H27N5O4/c1-36-22-14-12-21(13-15-22)30(19-8-4-2-5-9-19,20-10-6-3-7-11-20)37-16-23-25-26(39-25)29(38-23)35-18-34-24-27(31)32-17-33-28(24)35/h2-15,17-18,23,25-26,29H,16H2,1H3,(H2,31,32,33)/t23-,25-,26-,29-/m1/s1. The Bertz CT molecular complexity index is 1550. The summed E-state index contributed by atoms with van der Waals surface area (Å²) in [4.78, 5) is 12.8. The van der Waals surface area contributed by atoms with Gasteiger partial charge in [-0.1, -0.05) is 72.8 Å². The number of hydrogen-bond donors (Lipinski definition) is 1. The summed E-state index contributed by atoms with van der Waals surface area (Å²) in [7, 11) is 1.66. The fourth-order valence-electron chi connectivity index (χ4n) is 5.54. The van der Waals surface area contributed by atoms with Crippen LogP contribution in [-0.4, -0.2) is 51.5 Å². The summed E-state index contributed by atoms with van der Waals surface area (Å²) in [6.45, 7) is 0.303. The molecule has 0 spiro atoms. The molecular weight excluding hydrogens is 494 g/mol. The molecule has 7 rings (SSSR count). The Balaban J connectivity index is 1.24. The minimum Gasteiger partial charge on any atom is -0.497 e. The summed E-state index contributed by atoms with van der Waals surface area (Å²) in [6.07, 6.45) is 2.23. The molecule has 0 amide bonds. The highest BCUT2D eigenvalue weighted by molar-refractivity contribution is 5.81. The number of aromatic nitrogens is 4. The van der Waals surface area contributed by atoms with Crippen LogP contribution in [0.5, 0.6) is 5.75 Å². The number of benzene rings is 3. The Morgan fingerprint density at radius 1 is 0.821 bits per heavy atom. The number of rotatable bonds is 8. The number of imidazole rings is 1. The van der Waals surface area contributed by atoms with Gasteiger partial charge in [0.2, 0.25) is 0 Å². The lowest BCUT2D eigenvalue weighted by molar-refractivity contribution is -0.115. The number of epoxide rings is 1. The zero-order valence-corrected chi connectivity index (χ0v) is 21.3. The Morgan fingerprint density at radius 3 is 2.15 bits per heavy atom. The highest BCUT2D eigenvalue weighted by atomic mass is 16.7. The molecule has 0 aliphatic carbocycles. The number of fused-ring (bicyclic) bond motifs is 2. The zero-order chi connectivity index (χ0) is 26.4. The minimum absolute atomic E-state index is 0.0910. The van der Waals surface area contributed by atoms with E-state index in [-0.39, 0.29) is 24.5 Å². The molecule has 4 atom stereocenters. The van der Waals surface area contributed by atoms with E-state index < -0.39 is 5.60 Å². The van der Waals surface area contributed by atoms with E-state index in [0.29, 0.717) is 23.6 Å². The van der Waals surface area contributed by atoms with E-state index in [4.69, 9.17) is 24.7 Å². The molecule has 0 unspecified atom stereocenters. The van der Waals surface area contributed by atoms with E-state index in [0.717, 1.165) is 22.4 Å². The van der Waals surface area contributed by atoms with Crippen molar-refractivity contribution in [3.63, 3.8) is 0 Å². The first-order chi connectivity index (χ1) is 19.2. The van der Waals surface area contributed by atoms with Gasteiger partial charge in [-0.3, -0.25) is 4.57 Å². The molecule has 2 aliphatic heterocycles. The van der Waals surface area contributed by atoms with Crippen LogP contribution in [0, 0.1) is 0 Å². The van der Waals surface area contributed by atoms with E-state index in [9.17, 15) is 0 Å². The molecule has 0 saturated carbocycles. The Labute approximate surface area is 225 Å². The number of nitrogens with zero attached hydrogens (tertiary/aromatic N) is 4. The van der Waals surface area contributed by atoms with Crippen molar-refractivity contribution in [3.05, 3.63) is 114 Å². The van der Waals surface area contributed by atoms with Crippen LogP contribution in [0.2, 0.25) is 0 Å². The summed E-state index contributed by atoms with van der Waals surface area (Å²) < 4.78 is 26.9. The smallest absolute Gasteiger partial charge is 0.167 e. The van der Waals surface area contributed by atoms with Crippen LogP contribution in [0.1, 0.15) is 22.9 Å². The van der Waals surface area contributed by atoms with Crippen molar-refractivity contribution in [1.29, 1.82) is 0 Å². The van der Waals surface area contributed by atoms with E-state index in [2.05, 4.69) is 51.4 Å². The second kappa shape index (κ2) is 9.46. The molecule has 196 valence electrons. The van der Waals surface area contributed by atoms with Gasteiger partial charge >= 0.3 is 0 Å². The Hall–Kier alpha value is -4.31. The van der Waals surface area contributed by atoms with Crippen LogP contribution in [0.15, 0.2) is 97.6 Å². The fraction of sp³-hybridized carbons (Fsp3) is 0.233. The normalized spacial score (nSPS) is 22.1. The molecule has 3 aromatic carbocycles. The second-order valence-corrected chi connectivity index (χ2v) is 9.67. The quantitative estimate of drug-likeness (QED) is 0.240. The lowest BCUT2D eigenvalue weighted by Crippen LogP contribution is -2.37. The monoisotopic (exact) mass is 521 g/mol. The molecule has 2 saturated heterocycles. The van der Waals surface area contributed by atoms with Crippen LogP contribution in [0.4, 0.5) is 5.82 Å². The maximum absolute atomic E-state index is 7.00. The largest absolute Gasteiger partial charge is 0.497 e. The maximum Gasteiger partial charge on any atom is 0.167 e. The van der Waals surface area contributed by atoms with Crippen molar-refractivity contribution in [3.8, 4) is 5.75 Å². The molecule has 2 aliphatic rings. The third-order valence-corrected chi connectivity index (χ3v) is 7.51. The topological polar surface area (TPSA) is 110 Å². The molecule has 2 aromatic heterocycles. The molecule has 4 heterocycles. The van der Waals surface area contributed by atoms with Gasteiger partial charge < -0.3 is 24.7 Å². The molecular formula is C30H27N5O4.